The van der Waals surface area contributed by atoms with Crippen molar-refractivity contribution in [3.8, 4) is 0 Å². The minimum absolute atomic E-state index is 0.0840. The summed E-state index contributed by atoms with van der Waals surface area (Å²) in [7, 11) is 0. The molecule has 2 aromatic rings. The highest BCUT2D eigenvalue weighted by molar-refractivity contribution is 14.1. The second-order valence-corrected chi connectivity index (χ2v) is 7.09. The first-order chi connectivity index (χ1) is 9.61. The minimum atomic E-state index is -0.0840. The maximum atomic E-state index is 6.40. The largest absolute Gasteiger partial charge is 0.320 e. The van der Waals surface area contributed by atoms with Gasteiger partial charge in [-0.1, -0.05) is 53.5 Å². The van der Waals surface area contributed by atoms with E-state index in [9.17, 15) is 0 Å². The second-order valence-electron chi connectivity index (χ2n) is 4.99. The molecular weight excluding hydrogens is 425 g/mol. The molecule has 0 radical (unpaired) electrons. The molecule has 2 N–H and O–H groups in total. The van der Waals surface area contributed by atoms with E-state index in [1.165, 1.54) is 22.0 Å². The lowest BCUT2D eigenvalue weighted by Crippen LogP contribution is -2.12. The van der Waals surface area contributed by atoms with Crippen molar-refractivity contribution in [1.29, 1.82) is 0 Å². The molecule has 3 heteroatoms. The van der Waals surface area contributed by atoms with Gasteiger partial charge in [0.05, 0.1) is 6.04 Å². The number of rotatable bonds is 5. The van der Waals surface area contributed by atoms with Crippen LogP contribution in [0.15, 0.2) is 46.9 Å². The molecule has 20 heavy (non-hydrogen) atoms. The predicted octanol–water partition coefficient (Wildman–Crippen LogP) is 5.44. The van der Waals surface area contributed by atoms with Crippen molar-refractivity contribution in [2.24, 2.45) is 5.73 Å². The van der Waals surface area contributed by atoms with Crippen LogP contribution >= 0.6 is 38.5 Å². The molecule has 0 fully saturated rings. The zero-order chi connectivity index (χ0) is 14.5. The Morgan fingerprint density at radius 1 is 1.15 bits per heavy atom. The Kier molecular flexibility index (Phi) is 6.05. The highest BCUT2D eigenvalue weighted by Crippen LogP contribution is 2.28. The molecule has 2 aromatic carbocycles. The van der Waals surface area contributed by atoms with Gasteiger partial charge in [0.25, 0.3) is 0 Å². The van der Waals surface area contributed by atoms with E-state index in [1.807, 2.05) is 0 Å². The number of hydrogen-bond donors (Lipinski definition) is 1. The number of benzene rings is 2. The van der Waals surface area contributed by atoms with Gasteiger partial charge >= 0.3 is 0 Å². The van der Waals surface area contributed by atoms with E-state index < -0.39 is 0 Å². The van der Waals surface area contributed by atoms with E-state index in [0.717, 1.165) is 22.0 Å². The van der Waals surface area contributed by atoms with Crippen LogP contribution in [0.1, 0.15) is 42.5 Å². The molecule has 0 amide bonds. The van der Waals surface area contributed by atoms with Crippen LogP contribution in [0.4, 0.5) is 0 Å². The van der Waals surface area contributed by atoms with Crippen molar-refractivity contribution in [1.82, 2.24) is 0 Å². The number of unbranched alkanes of at least 4 members (excludes halogenated alkanes) is 1. The lowest BCUT2D eigenvalue weighted by Gasteiger charge is -2.15. The monoisotopic (exact) mass is 443 g/mol. The third kappa shape index (κ3) is 4.06. The molecule has 0 aliphatic rings. The molecule has 1 atom stereocenters. The van der Waals surface area contributed by atoms with Gasteiger partial charge in [0.2, 0.25) is 0 Å². The Balaban J connectivity index is 2.20. The Labute approximate surface area is 143 Å². The summed E-state index contributed by atoms with van der Waals surface area (Å²) in [6.45, 7) is 2.22. The Hall–Kier alpha value is -0.390. The zero-order valence-electron chi connectivity index (χ0n) is 11.6. The third-order valence-electron chi connectivity index (χ3n) is 3.45. The van der Waals surface area contributed by atoms with E-state index in [0.29, 0.717) is 0 Å². The van der Waals surface area contributed by atoms with Crippen LogP contribution in [0.25, 0.3) is 0 Å². The van der Waals surface area contributed by atoms with Gasteiger partial charge in [0, 0.05) is 8.04 Å². The second kappa shape index (κ2) is 7.57. The van der Waals surface area contributed by atoms with Crippen LogP contribution in [-0.2, 0) is 6.42 Å². The van der Waals surface area contributed by atoms with Crippen LogP contribution in [-0.4, -0.2) is 0 Å². The number of aryl methyl sites for hydroxylation is 1. The van der Waals surface area contributed by atoms with Crippen molar-refractivity contribution in [3.63, 3.8) is 0 Å². The maximum absolute atomic E-state index is 6.40. The van der Waals surface area contributed by atoms with E-state index in [4.69, 9.17) is 5.73 Å². The number of halogens is 2. The molecule has 0 aliphatic heterocycles. The van der Waals surface area contributed by atoms with Gasteiger partial charge in [-0.25, -0.2) is 0 Å². The van der Waals surface area contributed by atoms with Crippen molar-refractivity contribution in [2.75, 3.05) is 0 Å². The number of nitrogens with two attached hydrogens (primary N) is 1. The van der Waals surface area contributed by atoms with Crippen LogP contribution < -0.4 is 5.73 Å². The molecule has 0 heterocycles. The topological polar surface area (TPSA) is 26.0 Å². The first-order valence-corrected chi connectivity index (χ1v) is 8.78. The van der Waals surface area contributed by atoms with Crippen LogP contribution in [0, 0.1) is 3.57 Å². The van der Waals surface area contributed by atoms with Crippen LogP contribution in [0.5, 0.6) is 0 Å². The van der Waals surface area contributed by atoms with Gasteiger partial charge < -0.3 is 5.73 Å². The summed E-state index contributed by atoms with van der Waals surface area (Å²) in [5, 5.41) is 0. The fraction of sp³-hybridized carbons (Fsp3) is 0.294. The number of hydrogen-bond acceptors (Lipinski definition) is 1. The van der Waals surface area contributed by atoms with Gasteiger partial charge in [0.15, 0.2) is 0 Å². The zero-order valence-corrected chi connectivity index (χ0v) is 15.3. The van der Waals surface area contributed by atoms with Gasteiger partial charge in [0.1, 0.15) is 0 Å². The highest BCUT2D eigenvalue weighted by Gasteiger charge is 2.12. The Morgan fingerprint density at radius 3 is 2.50 bits per heavy atom. The average molecular weight is 444 g/mol. The maximum Gasteiger partial charge on any atom is 0.0563 e. The molecule has 1 nitrogen and oxygen atoms in total. The molecule has 0 aliphatic carbocycles. The van der Waals surface area contributed by atoms with Crippen molar-refractivity contribution >= 4 is 38.5 Å². The van der Waals surface area contributed by atoms with Crippen molar-refractivity contribution < 1.29 is 0 Å². The standard InChI is InChI=1S/C17H19BrIN/c1-2-3-4-12-5-7-13(8-6-12)17(20)15-11-14(19)9-10-16(15)18/h5-11,17H,2-4,20H2,1H3. The lowest BCUT2D eigenvalue weighted by atomic mass is 9.97. The van der Waals surface area contributed by atoms with E-state index in [-0.39, 0.29) is 6.04 Å². The summed E-state index contributed by atoms with van der Waals surface area (Å²) >= 11 is 5.91. The van der Waals surface area contributed by atoms with E-state index in [1.54, 1.807) is 0 Å². The summed E-state index contributed by atoms with van der Waals surface area (Å²) in [4.78, 5) is 0. The van der Waals surface area contributed by atoms with Crippen molar-refractivity contribution in [2.45, 2.75) is 32.2 Å². The van der Waals surface area contributed by atoms with Gasteiger partial charge in [-0.05, 0) is 70.3 Å². The molecule has 0 bridgehead atoms. The van der Waals surface area contributed by atoms with Gasteiger partial charge in [-0.2, -0.15) is 0 Å². The summed E-state index contributed by atoms with van der Waals surface area (Å²) in [6.07, 6.45) is 3.63. The normalized spacial score (nSPS) is 12.4. The summed E-state index contributed by atoms with van der Waals surface area (Å²) < 4.78 is 2.27. The van der Waals surface area contributed by atoms with Crippen molar-refractivity contribution in [3.05, 3.63) is 67.2 Å². The SMILES string of the molecule is CCCCc1ccc(C(N)c2cc(I)ccc2Br)cc1. The average Bonchev–Trinajstić information content (AvgIpc) is 2.47. The molecule has 0 saturated heterocycles. The Morgan fingerprint density at radius 2 is 1.85 bits per heavy atom. The summed E-state index contributed by atoms with van der Waals surface area (Å²) in [6, 6.07) is 14.9. The summed E-state index contributed by atoms with van der Waals surface area (Å²) in [5.41, 5.74) is 10.1. The quantitative estimate of drug-likeness (QED) is 0.611. The first kappa shape index (κ1) is 16.0. The van der Waals surface area contributed by atoms with Gasteiger partial charge in [-0.15, -0.1) is 0 Å². The fourth-order valence-electron chi connectivity index (χ4n) is 2.21. The molecular formula is C17H19BrIN. The molecule has 0 aromatic heterocycles. The van der Waals surface area contributed by atoms with Crippen LogP contribution in [0.3, 0.4) is 0 Å². The lowest BCUT2D eigenvalue weighted by molar-refractivity contribution is 0.793. The van der Waals surface area contributed by atoms with E-state index >= 15 is 0 Å². The third-order valence-corrected chi connectivity index (χ3v) is 4.84. The molecule has 0 spiro atoms. The van der Waals surface area contributed by atoms with Crippen LogP contribution in [0.2, 0.25) is 0 Å². The molecule has 1 unspecified atom stereocenters. The van der Waals surface area contributed by atoms with E-state index in [2.05, 4.69) is 87.9 Å². The molecule has 2 rings (SSSR count). The minimum Gasteiger partial charge on any atom is -0.320 e. The summed E-state index contributed by atoms with van der Waals surface area (Å²) in [5.74, 6) is 0. The predicted molar refractivity (Wildman–Crippen MR) is 97.9 cm³/mol. The first-order valence-electron chi connectivity index (χ1n) is 6.91. The highest BCUT2D eigenvalue weighted by atomic mass is 127. The molecule has 0 saturated carbocycles. The van der Waals surface area contributed by atoms with Gasteiger partial charge in [-0.3, -0.25) is 0 Å². The fourth-order valence-corrected chi connectivity index (χ4v) is 3.21. The Bertz CT molecular complexity index is 566. The smallest absolute Gasteiger partial charge is 0.0563 e. The molecule has 106 valence electrons.